The Bertz CT molecular complexity index is 1120. The largest absolute Gasteiger partial charge is 0.477 e. The van der Waals surface area contributed by atoms with Gasteiger partial charge in [0.05, 0.1) is 41.4 Å². The molecule has 2 saturated heterocycles. The van der Waals surface area contributed by atoms with Crippen LogP contribution in [0.25, 0.3) is 10.9 Å². The van der Waals surface area contributed by atoms with E-state index in [9.17, 15) is 19.1 Å². The maximum absolute atomic E-state index is 15.7. The second-order valence-corrected chi connectivity index (χ2v) is 7.89. The number of pyridine rings is 1. The number of aromatic nitrogens is 1. The molecule has 0 radical (unpaired) electrons. The number of carbonyl (C=O) groups is 1. The lowest BCUT2D eigenvalue weighted by atomic mass is 10.1. The fourth-order valence-electron chi connectivity index (χ4n) is 4.46. The summed E-state index contributed by atoms with van der Waals surface area (Å²) in [6, 6.07) is -0.964. The zero-order chi connectivity index (χ0) is 21.3. The Labute approximate surface area is 168 Å². The molecule has 30 heavy (non-hydrogen) atoms. The van der Waals surface area contributed by atoms with Gasteiger partial charge < -0.3 is 30.4 Å². The standard InChI is InChI=1S/C19H19F3N4O4/c20-8-3-10(8)26-4-7(19(28)29)18(27)12-15(23)13(21)17(14(22)16(12)26)25-5-9-11(6-25)30-2-1-24-9/h4,8-11,24H,1-3,5-6,23H2,(H,28,29)/t8-,9+,10+,11+/m0/s1. The number of ether oxygens (including phenoxy) is 1. The summed E-state index contributed by atoms with van der Waals surface area (Å²) < 4.78 is 51.5. The molecule has 4 N–H and O–H groups in total. The fourth-order valence-corrected chi connectivity index (χ4v) is 4.46. The second-order valence-electron chi connectivity index (χ2n) is 7.89. The summed E-state index contributed by atoms with van der Waals surface area (Å²) in [5.41, 5.74) is 2.60. The molecular formula is C19H19F3N4O4. The Hall–Kier alpha value is -2.79. The number of fused-ring (bicyclic) bond motifs is 2. The topological polar surface area (TPSA) is 110 Å². The molecule has 11 heteroatoms. The molecule has 0 unspecified atom stereocenters. The summed E-state index contributed by atoms with van der Waals surface area (Å²) in [7, 11) is 0. The van der Waals surface area contributed by atoms with Crippen molar-refractivity contribution in [1.82, 2.24) is 9.88 Å². The number of nitrogen functional groups attached to an aromatic ring is 1. The van der Waals surface area contributed by atoms with Crippen molar-refractivity contribution >= 4 is 28.2 Å². The van der Waals surface area contributed by atoms with Crippen LogP contribution in [0.4, 0.5) is 24.5 Å². The van der Waals surface area contributed by atoms with Crippen molar-refractivity contribution in [3.63, 3.8) is 0 Å². The van der Waals surface area contributed by atoms with Crippen LogP contribution in [-0.4, -0.2) is 60.2 Å². The van der Waals surface area contributed by atoms with Gasteiger partial charge >= 0.3 is 5.97 Å². The number of morpholine rings is 1. The van der Waals surface area contributed by atoms with E-state index in [1.165, 1.54) is 4.90 Å². The van der Waals surface area contributed by atoms with Crippen LogP contribution < -0.4 is 21.4 Å². The Balaban J connectivity index is 1.75. The third-order valence-electron chi connectivity index (χ3n) is 6.06. The monoisotopic (exact) mass is 424 g/mol. The predicted molar refractivity (Wildman–Crippen MR) is 102 cm³/mol. The third kappa shape index (κ3) is 2.68. The number of aromatic carboxylic acids is 1. The maximum Gasteiger partial charge on any atom is 0.341 e. The van der Waals surface area contributed by atoms with Crippen molar-refractivity contribution in [1.29, 1.82) is 0 Å². The van der Waals surface area contributed by atoms with E-state index >= 15 is 8.78 Å². The van der Waals surface area contributed by atoms with Gasteiger partial charge in [0.1, 0.15) is 17.4 Å². The maximum atomic E-state index is 15.7. The van der Waals surface area contributed by atoms with E-state index in [2.05, 4.69) is 5.32 Å². The lowest BCUT2D eigenvalue weighted by Gasteiger charge is -2.25. The molecular weight excluding hydrogens is 405 g/mol. The number of carboxylic acid groups (broad SMARTS) is 1. The molecule has 3 heterocycles. The van der Waals surface area contributed by atoms with Crippen LogP contribution in [0.3, 0.4) is 0 Å². The van der Waals surface area contributed by atoms with Crippen LogP contribution in [0.5, 0.6) is 0 Å². The predicted octanol–water partition coefficient (Wildman–Crippen LogP) is 1.02. The van der Waals surface area contributed by atoms with Crippen LogP contribution in [0.15, 0.2) is 11.0 Å². The Morgan fingerprint density at radius 1 is 1.30 bits per heavy atom. The minimum Gasteiger partial charge on any atom is -0.477 e. The highest BCUT2D eigenvalue weighted by Gasteiger charge is 2.43. The lowest BCUT2D eigenvalue weighted by Crippen LogP contribution is -2.47. The zero-order valence-corrected chi connectivity index (χ0v) is 15.7. The van der Waals surface area contributed by atoms with Gasteiger partial charge in [-0.2, -0.15) is 0 Å². The SMILES string of the molecule is Nc1c(F)c(N2C[C@H]3NCCO[C@@H]3C2)c(F)c2c1c(=O)c(C(=O)O)cn2[C@@H]1C[C@@H]1F. The van der Waals surface area contributed by atoms with Gasteiger partial charge in [-0.1, -0.05) is 0 Å². The van der Waals surface area contributed by atoms with E-state index in [0.29, 0.717) is 13.2 Å². The summed E-state index contributed by atoms with van der Waals surface area (Å²) in [6.07, 6.45) is -0.631. The molecule has 1 saturated carbocycles. The van der Waals surface area contributed by atoms with E-state index in [4.69, 9.17) is 10.5 Å². The number of rotatable bonds is 3. The van der Waals surface area contributed by atoms with Crippen LogP contribution in [0, 0.1) is 11.6 Å². The zero-order valence-electron chi connectivity index (χ0n) is 15.7. The number of hydrogen-bond donors (Lipinski definition) is 3. The summed E-state index contributed by atoms with van der Waals surface area (Å²) in [4.78, 5) is 25.6. The van der Waals surface area contributed by atoms with Gasteiger partial charge in [0.15, 0.2) is 11.6 Å². The fraction of sp³-hybridized carbons (Fsp3) is 0.474. The third-order valence-corrected chi connectivity index (χ3v) is 6.06. The number of nitrogens with one attached hydrogen (secondary N) is 1. The highest BCUT2D eigenvalue weighted by Crippen LogP contribution is 2.44. The number of anilines is 2. The first kappa shape index (κ1) is 19.2. The highest BCUT2D eigenvalue weighted by atomic mass is 19.1. The number of hydrogen-bond acceptors (Lipinski definition) is 6. The summed E-state index contributed by atoms with van der Waals surface area (Å²) in [5.74, 6) is -3.79. The molecule has 0 spiro atoms. The Kier molecular flexibility index (Phi) is 4.23. The molecule has 5 rings (SSSR count). The number of carboxylic acids is 1. The normalized spacial score (nSPS) is 28.0. The highest BCUT2D eigenvalue weighted by molar-refractivity contribution is 5.99. The first-order valence-corrected chi connectivity index (χ1v) is 9.62. The molecule has 3 fully saturated rings. The van der Waals surface area contributed by atoms with Gasteiger partial charge in [-0.15, -0.1) is 0 Å². The van der Waals surface area contributed by atoms with Gasteiger partial charge in [-0.3, -0.25) is 4.79 Å². The van der Waals surface area contributed by atoms with Crippen molar-refractivity contribution in [2.45, 2.75) is 30.8 Å². The van der Waals surface area contributed by atoms with Crippen LogP contribution in [0.1, 0.15) is 22.8 Å². The van der Waals surface area contributed by atoms with Crippen molar-refractivity contribution in [2.75, 3.05) is 36.9 Å². The van der Waals surface area contributed by atoms with Crippen molar-refractivity contribution in [2.24, 2.45) is 0 Å². The number of benzene rings is 1. The van der Waals surface area contributed by atoms with E-state index in [1.807, 2.05) is 0 Å². The van der Waals surface area contributed by atoms with Gasteiger partial charge in [0.25, 0.3) is 0 Å². The van der Waals surface area contributed by atoms with Gasteiger partial charge in [-0.05, 0) is 0 Å². The molecule has 1 aliphatic carbocycles. The quantitative estimate of drug-likeness (QED) is 0.631. The van der Waals surface area contributed by atoms with Crippen molar-refractivity contribution in [3.8, 4) is 0 Å². The minimum absolute atomic E-state index is 0.0364. The molecule has 1 aromatic heterocycles. The van der Waals surface area contributed by atoms with Crippen LogP contribution in [0.2, 0.25) is 0 Å². The molecule has 8 nitrogen and oxygen atoms in total. The first-order valence-electron chi connectivity index (χ1n) is 9.62. The minimum atomic E-state index is -1.58. The van der Waals surface area contributed by atoms with E-state index in [0.717, 1.165) is 10.8 Å². The summed E-state index contributed by atoms with van der Waals surface area (Å²) in [5, 5.41) is 12.0. The number of halogens is 3. The van der Waals surface area contributed by atoms with E-state index in [-0.39, 0.29) is 37.2 Å². The van der Waals surface area contributed by atoms with Crippen LogP contribution >= 0.6 is 0 Å². The smallest absolute Gasteiger partial charge is 0.341 e. The molecule has 2 aliphatic heterocycles. The van der Waals surface area contributed by atoms with Crippen molar-refractivity contribution in [3.05, 3.63) is 33.6 Å². The molecule has 0 amide bonds. The Morgan fingerprint density at radius 3 is 2.67 bits per heavy atom. The van der Waals surface area contributed by atoms with Gasteiger partial charge in [0, 0.05) is 32.3 Å². The average molecular weight is 424 g/mol. The van der Waals surface area contributed by atoms with E-state index < -0.39 is 57.6 Å². The number of nitrogens with zero attached hydrogens (tertiary/aromatic N) is 2. The summed E-state index contributed by atoms with van der Waals surface area (Å²) in [6.45, 7) is 1.58. The number of nitrogens with two attached hydrogens (primary N) is 1. The van der Waals surface area contributed by atoms with Crippen molar-refractivity contribution < 1.29 is 27.8 Å². The van der Waals surface area contributed by atoms with E-state index in [1.54, 1.807) is 0 Å². The molecule has 4 atom stereocenters. The second kappa shape index (κ2) is 6.61. The Morgan fingerprint density at radius 2 is 2.03 bits per heavy atom. The lowest BCUT2D eigenvalue weighted by molar-refractivity contribution is 0.0212. The number of alkyl halides is 1. The van der Waals surface area contributed by atoms with Crippen LogP contribution in [-0.2, 0) is 4.74 Å². The molecule has 2 aromatic rings. The summed E-state index contributed by atoms with van der Waals surface area (Å²) >= 11 is 0. The molecule has 0 bridgehead atoms. The molecule has 160 valence electrons. The molecule has 1 aromatic carbocycles. The van der Waals surface area contributed by atoms with Gasteiger partial charge in [-0.25, -0.2) is 18.0 Å². The average Bonchev–Trinajstić information content (AvgIpc) is 3.27. The van der Waals surface area contributed by atoms with Gasteiger partial charge in [0.2, 0.25) is 5.43 Å². The molecule has 3 aliphatic rings. The first-order chi connectivity index (χ1) is 14.3.